The average Bonchev–Trinajstić information content (AvgIpc) is 2.41. The van der Waals surface area contributed by atoms with E-state index in [1.165, 1.54) is 11.8 Å². The van der Waals surface area contributed by atoms with E-state index in [-0.39, 0.29) is 0 Å². The van der Waals surface area contributed by atoms with Crippen LogP contribution in [0.25, 0.3) is 0 Å². The van der Waals surface area contributed by atoms with Gasteiger partial charge in [0.25, 0.3) is 0 Å². The number of rotatable bonds is 4. The third-order valence-corrected chi connectivity index (χ3v) is 3.53. The fourth-order valence-electron chi connectivity index (χ4n) is 1.56. The van der Waals surface area contributed by atoms with Gasteiger partial charge in [-0.05, 0) is 24.6 Å². The zero-order chi connectivity index (χ0) is 12.8. The van der Waals surface area contributed by atoms with Crippen LogP contribution in [-0.2, 0) is 5.75 Å². The van der Waals surface area contributed by atoms with Gasteiger partial charge >= 0.3 is 0 Å². The highest BCUT2D eigenvalue weighted by Crippen LogP contribution is 2.21. The lowest BCUT2D eigenvalue weighted by atomic mass is 10.2. The molecule has 0 saturated heterocycles. The number of hydrogen-bond acceptors (Lipinski definition) is 4. The standard InChI is InChI=1S/C14H14N2OS/c1-11-13(9-15-17)7-8-14(16-11)18-10-12-5-3-2-4-6-12/h2-9,17H,10H2,1H3. The quantitative estimate of drug-likeness (QED) is 0.395. The second-order valence-corrected chi connectivity index (χ2v) is 4.84. The molecule has 4 heteroatoms. The van der Waals surface area contributed by atoms with E-state index in [1.807, 2.05) is 37.3 Å². The van der Waals surface area contributed by atoms with Gasteiger partial charge in [0.2, 0.25) is 0 Å². The van der Waals surface area contributed by atoms with Crippen molar-refractivity contribution in [2.75, 3.05) is 0 Å². The molecule has 3 nitrogen and oxygen atoms in total. The van der Waals surface area contributed by atoms with Crippen LogP contribution < -0.4 is 0 Å². The molecule has 0 atom stereocenters. The van der Waals surface area contributed by atoms with E-state index in [0.717, 1.165) is 22.0 Å². The summed E-state index contributed by atoms with van der Waals surface area (Å²) in [5.74, 6) is 0.903. The number of thioether (sulfide) groups is 1. The first-order chi connectivity index (χ1) is 8.79. The largest absolute Gasteiger partial charge is 0.411 e. The number of benzene rings is 1. The van der Waals surface area contributed by atoms with Crippen molar-refractivity contribution in [3.63, 3.8) is 0 Å². The highest BCUT2D eigenvalue weighted by Gasteiger charge is 2.01. The van der Waals surface area contributed by atoms with Gasteiger partial charge in [0.1, 0.15) is 0 Å². The van der Waals surface area contributed by atoms with Gasteiger partial charge in [-0.2, -0.15) is 0 Å². The number of aromatic nitrogens is 1. The van der Waals surface area contributed by atoms with Crippen molar-refractivity contribution in [3.05, 3.63) is 59.3 Å². The van der Waals surface area contributed by atoms with E-state index in [1.54, 1.807) is 11.8 Å². The number of hydrogen-bond donors (Lipinski definition) is 1. The SMILES string of the molecule is Cc1nc(SCc2ccccc2)ccc1C=NO. The summed E-state index contributed by atoms with van der Waals surface area (Å²) in [7, 11) is 0. The molecule has 1 N–H and O–H groups in total. The van der Waals surface area contributed by atoms with Gasteiger partial charge in [-0.1, -0.05) is 35.5 Å². The van der Waals surface area contributed by atoms with E-state index in [2.05, 4.69) is 22.3 Å². The fraction of sp³-hybridized carbons (Fsp3) is 0.143. The summed E-state index contributed by atoms with van der Waals surface area (Å²) in [5, 5.41) is 12.5. The molecule has 2 rings (SSSR count). The van der Waals surface area contributed by atoms with E-state index >= 15 is 0 Å². The Morgan fingerprint density at radius 2 is 2.00 bits per heavy atom. The van der Waals surface area contributed by atoms with Crippen molar-refractivity contribution in [2.24, 2.45) is 5.16 Å². The summed E-state index contributed by atoms with van der Waals surface area (Å²) in [6, 6.07) is 14.1. The Morgan fingerprint density at radius 3 is 2.67 bits per heavy atom. The molecule has 0 spiro atoms. The number of oxime groups is 1. The van der Waals surface area contributed by atoms with E-state index in [9.17, 15) is 0 Å². The Kier molecular flexibility index (Phi) is 4.36. The first-order valence-corrected chi connectivity index (χ1v) is 6.60. The van der Waals surface area contributed by atoms with Crippen molar-refractivity contribution >= 4 is 18.0 Å². The zero-order valence-electron chi connectivity index (χ0n) is 10.1. The highest BCUT2D eigenvalue weighted by molar-refractivity contribution is 7.98. The Bertz CT molecular complexity index is 541. The molecule has 0 aliphatic rings. The van der Waals surface area contributed by atoms with Crippen LogP contribution in [-0.4, -0.2) is 16.4 Å². The van der Waals surface area contributed by atoms with Crippen LogP contribution in [0.3, 0.4) is 0 Å². The molecule has 1 heterocycles. The Morgan fingerprint density at radius 1 is 1.22 bits per heavy atom. The normalized spacial score (nSPS) is 10.9. The average molecular weight is 258 g/mol. The predicted octanol–water partition coefficient (Wildman–Crippen LogP) is 3.49. The molecule has 1 aromatic heterocycles. The van der Waals surface area contributed by atoms with Crippen LogP contribution in [0, 0.1) is 6.92 Å². The minimum absolute atomic E-state index is 0.835. The molecule has 0 unspecified atom stereocenters. The lowest BCUT2D eigenvalue weighted by Gasteiger charge is -2.04. The van der Waals surface area contributed by atoms with Gasteiger partial charge in [-0.15, -0.1) is 11.8 Å². The van der Waals surface area contributed by atoms with Crippen LogP contribution >= 0.6 is 11.8 Å². The smallest absolute Gasteiger partial charge is 0.0966 e. The van der Waals surface area contributed by atoms with E-state index in [0.29, 0.717) is 0 Å². The van der Waals surface area contributed by atoms with E-state index < -0.39 is 0 Å². The number of aryl methyl sites for hydroxylation is 1. The maximum absolute atomic E-state index is 8.50. The predicted molar refractivity (Wildman–Crippen MR) is 74.4 cm³/mol. The monoisotopic (exact) mass is 258 g/mol. The Balaban J connectivity index is 2.04. The second kappa shape index (κ2) is 6.21. The van der Waals surface area contributed by atoms with Gasteiger partial charge in [-0.3, -0.25) is 0 Å². The Labute approximate surface area is 111 Å². The third kappa shape index (κ3) is 3.34. The molecule has 0 saturated carbocycles. The summed E-state index contributed by atoms with van der Waals surface area (Å²) < 4.78 is 0. The number of nitrogens with zero attached hydrogens (tertiary/aromatic N) is 2. The molecule has 0 amide bonds. The fourth-order valence-corrected chi connectivity index (χ4v) is 2.43. The first-order valence-electron chi connectivity index (χ1n) is 5.61. The topological polar surface area (TPSA) is 45.5 Å². The maximum atomic E-state index is 8.50. The molecule has 1 aromatic carbocycles. The molecule has 0 fully saturated rings. The zero-order valence-corrected chi connectivity index (χ0v) is 10.9. The van der Waals surface area contributed by atoms with Gasteiger partial charge in [0.05, 0.1) is 11.2 Å². The van der Waals surface area contributed by atoms with Crippen LogP contribution in [0.2, 0.25) is 0 Å². The summed E-state index contributed by atoms with van der Waals surface area (Å²) in [4.78, 5) is 4.47. The molecule has 0 bridgehead atoms. The minimum atomic E-state index is 0.835. The summed E-state index contributed by atoms with van der Waals surface area (Å²) in [5.41, 5.74) is 2.98. The third-order valence-electron chi connectivity index (χ3n) is 2.53. The summed E-state index contributed by atoms with van der Waals surface area (Å²) >= 11 is 1.70. The second-order valence-electron chi connectivity index (χ2n) is 3.84. The van der Waals surface area contributed by atoms with Crippen molar-refractivity contribution in [2.45, 2.75) is 17.7 Å². The Hall–Kier alpha value is -1.81. The van der Waals surface area contributed by atoms with Crippen molar-refractivity contribution in [1.82, 2.24) is 4.98 Å². The molecule has 0 radical (unpaired) electrons. The van der Waals surface area contributed by atoms with Crippen LogP contribution in [0.5, 0.6) is 0 Å². The number of pyridine rings is 1. The molecule has 0 aliphatic carbocycles. The molecular formula is C14H14N2OS. The first kappa shape index (κ1) is 12.6. The van der Waals surface area contributed by atoms with Crippen LogP contribution in [0.1, 0.15) is 16.8 Å². The molecule has 0 aliphatic heterocycles. The lowest BCUT2D eigenvalue weighted by molar-refractivity contribution is 0.322. The molecular weight excluding hydrogens is 244 g/mol. The van der Waals surface area contributed by atoms with Gasteiger partial charge in [0.15, 0.2) is 0 Å². The van der Waals surface area contributed by atoms with E-state index in [4.69, 9.17) is 5.21 Å². The van der Waals surface area contributed by atoms with Crippen molar-refractivity contribution < 1.29 is 5.21 Å². The van der Waals surface area contributed by atoms with Gasteiger partial charge in [0, 0.05) is 17.0 Å². The molecule has 92 valence electrons. The maximum Gasteiger partial charge on any atom is 0.0966 e. The van der Waals surface area contributed by atoms with Gasteiger partial charge in [-0.25, -0.2) is 4.98 Å². The van der Waals surface area contributed by atoms with Crippen LogP contribution in [0.4, 0.5) is 0 Å². The summed E-state index contributed by atoms with van der Waals surface area (Å²) in [6.07, 6.45) is 1.40. The van der Waals surface area contributed by atoms with Crippen LogP contribution in [0.15, 0.2) is 52.6 Å². The molecule has 18 heavy (non-hydrogen) atoms. The lowest BCUT2D eigenvalue weighted by Crippen LogP contribution is -1.93. The summed E-state index contributed by atoms with van der Waals surface area (Å²) in [6.45, 7) is 1.91. The molecule has 2 aromatic rings. The van der Waals surface area contributed by atoms with Crippen molar-refractivity contribution in [3.8, 4) is 0 Å². The van der Waals surface area contributed by atoms with Crippen molar-refractivity contribution in [1.29, 1.82) is 0 Å². The highest BCUT2D eigenvalue weighted by atomic mass is 32.2. The minimum Gasteiger partial charge on any atom is -0.411 e. The van der Waals surface area contributed by atoms with Gasteiger partial charge < -0.3 is 5.21 Å².